The predicted octanol–water partition coefficient (Wildman–Crippen LogP) is 2.58. The summed E-state index contributed by atoms with van der Waals surface area (Å²) in [7, 11) is 0. The molecule has 4 rings (SSSR count). The number of carbonyl (C=O) groups excluding carboxylic acids is 1. The number of piperidine rings is 1. The van der Waals surface area contributed by atoms with Gasteiger partial charge >= 0.3 is 0 Å². The van der Waals surface area contributed by atoms with Crippen LogP contribution in [-0.4, -0.2) is 55.6 Å². The minimum absolute atomic E-state index is 0.432. The normalized spacial score (nSPS) is 18.6. The lowest BCUT2D eigenvalue weighted by Crippen LogP contribution is -2.37. The number of hydrogen-bond donors (Lipinski definition) is 0. The number of ether oxygens (including phenoxy) is 1. The predicted molar refractivity (Wildman–Crippen MR) is 98.8 cm³/mol. The molecule has 0 N–H and O–H groups in total. The number of rotatable bonds is 3. The number of carbonyl (C=O) groups is 1. The monoisotopic (exact) mass is 340 g/mol. The summed E-state index contributed by atoms with van der Waals surface area (Å²) in [5.41, 5.74) is 3.49. The van der Waals surface area contributed by atoms with Crippen LogP contribution in [0.4, 0.5) is 11.5 Å². The van der Waals surface area contributed by atoms with E-state index in [1.165, 1.54) is 30.5 Å². The summed E-state index contributed by atoms with van der Waals surface area (Å²) in [5, 5.41) is 1.02. The standard InChI is InChI=1S/C19H24N4O2/c1-14-17(22-9-11-25-12-10-22)16-6-5-15(13-24)20-18(16)21-19(14)23-7-3-2-4-8-23/h5-6,13H,2-4,7-12H2,1H3. The third-order valence-corrected chi connectivity index (χ3v) is 5.16. The van der Waals surface area contributed by atoms with Gasteiger partial charge in [0.15, 0.2) is 11.9 Å². The zero-order valence-corrected chi connectivity index (χ0v) is 14.7. The Hall–Kier alpha value is -2.21. The molecule has 132 valence electrons. The fourth-order valence-corrected chi connectivity index (χ4v) is 3.90. The molecular formula is C19H24N4O2. The highest BCUT2D eigenvalue weighted by atomic mass is 16.5. The van der Waals surface area contributed by atoms with Gasteiger partial charge in [-0.25, -0.2) is 9.97 Å². The molecule has 0 aromatic carbocycles. The largest absolute Gasteiger partial charge is 0.378 e. The van der Waals surface area contributed by atoms with Gasteiger partial charge in [0.05, 0.1) is 18.9 Å². The summed E-state index contributed by atoms with van der Waals surface area (Å²) in [6, 6.07) is 3.76. The Balaban J connectivity index is 1.89. The Morgan fingerprint density at radius 3 is 2.48 bits per heavy atom. The quantitative estimate of drug-likeness (QED) is 0.801. The zero-order chi connectivity index (χ0) is 17.2. The second-order valence-corrected chi connectivity index (χ2v) is 6.78. The third-order valence-electron chi connectivity index (χ3n) is 5.16. The van der Waals surface area contributed by atoms with E-state index < -0.39 is 0 Å². The molecule has 0 spiro atoms. The first-order chi connectivity index (χ1) is 12.3. The molecule has 0 aliphatic carbocycles. The molecular weight excluding hydrogens is 316 g/mol. The lowest BCUT2D eigenvalue weighted by atomic mass is 10.1. The van der Waals surface area contributed by atoms with Crippen LogP contribution in [0.15, 0.2) is 12.1 Å². The van der Waals surface area contributed by atoms with Gasteiger partial charge in [0.25, 0.3) is 0 Å². The van der Waals surface area contributed by atoms with Crippen LogP contribution in [0, 0.1) is 6.92 Å². The topological polar surface area (TPSA) is 58.6 Å². The highest BCUT2D eigenvalue weighted by Gasteiger charge is 2.23. The van der Waals surface area contributed by atoms with Crippen molar-refractivity contribution in [1.29, 1.82) is 0 Å². The summed E-state index contributed by atoms with van der Waals surface area (Å²) < 4.78 is 5.53. The average molecular weight is 340 g/mol. The van der Waals surface area contributed by atoms with Gasteiger partial charge < -0.3 is 14.5 Å². The number of aldehydes is 1. The lowest BCUT2D eigenvalue weighted by Gasteiger charge is -2.34. The Morgan fingerprint density at radius 1 is 1.00 bits per heavy atom. The molecule has 0 radical (unpaired) electrons. The minimum Gasteiger partial charge on any atom is -0.378 e. The molecule has 6 heteroatoms. The SMILES string of the molecule is Cc1c(N2CCCCC2)nc2nc(C=O)ccc2c1N1CCOCC1. The van der Waals surface area contributed by atoms with Crippen molar-refractivity contribution >= 4 is 28.8 Å². The second-order valence-electron chi connectivity index (χ2n) is 6.78. The maximum Gasteiger partial charge on any atom is 0.168 e. The molecule has 2 saturated heterocycles. The van der Waals surface area contributed by atoms with Crippen LogP contribution in [0.5, 0.6) is 0 Å². The number of nitrogens with zero attached hydrogens (tertiary/aromatic N) is 4. The zero-order valence-electron chi connectivity index (χ0n) is 14.7. The summed E-state index contributed by atoms with van der Waals surface area (Å²) in [4.78, 5) is 25.3. The number of morpholine rings is 1. The number of fused-ring (bicyclic) bond motifs is 1. The number of aromatic nitrogens is 2. The summed E-state index contributed by atoms with van der Waals surface area (Å²) in [6.45, 7) is 7.45. The van der Waals surface area contributed by atoms with E-state index in [1.807, 2.05) is 6.07 Å². The highest BCUT2D eigenvalue weighted by Crippen LogP contribution is 2.36. The average Bonchev–Trinajstić information content (AvgIpc) is 2.68. The van der Waals surface area contributed by atoms with Crippen molar-refractivity contribution in [3.63, 3.8) is 0 Å². The van der Waals surface area contributed by atoms with Gasteiger partial charge in [0.1, 0.15) is 11.5 Å². The van der Waals surface area contributed by atoms with Crippen molar-refractivity contribution in [2.45, 2.75) is 26.2 Å². The molecule has 6 nitrogen and oxygen atoms in total. The van der Waals surface area contributed by atoms with E-state index >= 15 is 0 Å². The molecule has 0 bridgehead atoms. The smallest absolute Gasteiger partial charge is 0.168 e. The molecule has 0 saturated carbocycles. The number of anilines is 2. The van der Waals surface area contributed by atoms with Crippen molar-refractivity contribution < 1.29 is 9.53 Å². The second kappa shape index (κ2) is 6.96. The third kappa shape index (κ3) is 3.06. The highest BCUT2D eigenvalue weighted by molar-refractivity contribution is 5.95. The Labute approximate surface area is 147 Å². The van der Waals surface area contributed by atoms with Crippen LogP contribution >= 0.6 is 0 Å². The van der Waals surface area contributed by atoms with Gasteiger partial charge in [-0.1, -0.05) is 0 Å². The molecule has 2 fully saturated rings. The van der Waals surface area contributed by atoms with E-state index in [-0.39, 0.29) is 0 Å². The van der Waals surface area contributed by atoms with Gasteiger partial charge in [-0.15, -0.1) is 0 Å². The van der Waals surface area contributed by atoms with Gasteiger partial charge in [-0.05, 0) is 38.3 Å². The molecule has 4 heterocycles. The minimum atomic E-state index is 0.432. The molecule has 25 heavy (non-hydrogen) atoms. The summed E-state index contributed by atoms with van der Waals surface area (Å²) >= 11 is 0. The van der Waals surface area contributed by atoms with Gasteiger partial charge in [0.2, 0.25) is 0 Å². The maximum atomic E-state index is 11.2. The van der Waals surface area contributed by atoms with Crippen molar-refractivity contribution in [3.05, 3.63) is 23.4 Å². The number of pyridine rings is 2. The van der Waals surface area contributed by atoms with Crippen molar-refractivity contribution in [2.24, 2.45) is 0 Å². The molecule has 2 aliphatic rings. The van der Waals surface area contributed by atoms with E-state index in [0.29, 0.717) is 11.3 Å². The van der Waals surface area contributed by atoms with Crippen LogP contribution < -0.4 is 9.80 Å². The van der Waals surface area contributed by atoms with Crippen LogP contribution in [0.2, 0.25) is 0 Å². The van der Waals surface area contributed by atoms with Crippen LogP contribution in [0.25, 0.3) is 11.0 Å². The van der Waals surface area contributed by atoms with Crippen LogP contribution in [0.1, 0.15) is 35.3 Å². The Bertz CT molecular complexity index is 781. The Morgan fingerprint density at radius 2 is 1.76 bits per heavy atom. The van der Waals surface area contributed by atoms with Gasteiger partial charge in [-0.2, -0.15) is 0 Å². The van der Waals surface area contributed by atoms with Crippen LogP contribution in [0.3, 0.4) is 0 Å². The fraction of sp³-hybridized carbons (Fsp3) is 0.526. The van der Waals surface area contributed by atoms with Crippen molar-refractivity contribution in [2.75, 3.05) is 49.2 Å². The molecule has 0 atom stereocenters. The molecule has 0 unspecified atom stereocenters. The lowest BCUT2D eigenvalue weighted by molar-refractivity contribution is 0.111. The summed E-state index contributed by atoms with van der Waals surface area (Å²) in [6.07, 6.45) is 4.48. The first-order valence-electron chi connectivity index (χ1n) is 9.12. The maximum absolute atomic E-state index is 11.2. The van der Waals surface area contributed by atoms with E-state index in [0.717, 1.165) is 56.9 Å². The molecule has 0 amide bonds. The fourth-order valence-electron chi connectivity index (χ4n) is 3.90. The van der Waals surface area contributed by atoms with Gasteiger partial charge in [0, 0.05) is 37.1 Å². The summed E-state index contributed by atoms with van der Waals surface area (Å²) in [5.74, 6) is 1.02. The molecule has 2 aromatic heterocycles. The first kappa shape index (κ1) is 16.3. The van der Waals surface area contributed by atoms with Crippen LogP contribution in [-0.2, 0) is 4.74 Å². The van der Waals surface area contributed by atoms with E-state index in [4.69, 9.17) is 9.72 Å². The molecule has 2 aliphatic heterocycles. The number of hydrogen-bond acceptors (Lipinski definition) is 6. The van der Waals surface area contributed by atoms with Crippen molar-refractivity contribution in [1.82, 2.24) is 9.97 Å². The first-order valence-corrected chi connectivity index (χ1v) is 9.12. The van der Waals surface area contributed by atoms with E-state index in [2.05, 4.69) is 21.7 Å². The van der Waals surface area contributed by atoms with E-state index in [9.17, 15) is 4.79 Å². The van der Waals surface area contributed by atoms with E-state index in [1.54, 1.807) is 6.07 Å². The Kier molecular flexibility index (Phi) is 4.53. The molecule has 2 aromatic rings. The van der Waals surface area contributed by atoms with Gasteiger partial charge in [-0.3, -0.25) is 4.79 Å². The van der Waals surface area contributed by atoms with Crippen molar-refractivity contribution in [3.8, 4) is 0 Å².